The average Bonchev–Trinajstić information content (AvgIpc) is 3.44. The summed E-state index contributed by atoms with van der Waals surface area (Å²) in [6, 6.07) is 0. The Bertz CT molecular complexity index is 1670. The number of rotatable bonds is 61. The van der Waals surface area contributed by atoms with Gasteiger partial charge in [0.15, 0.2) is 12.2 Å². The van der Waals surface area contributed by atoms with E-state index >= 15 is 0 Å². The zero-order valence-corrected chi connectivity index (χ0v) is 55.6. The van der Waals surface area contributed by atoms with Gasteiger partial charge in [-0.1, -0.05) is 254 Å². The lowest BCUT2D eigenvalue weighted by molar-refractivity contribution is -0.161. The number of hydrogen-bond donors (Lipinski definition) is 3. The van der Waals surface area contributed by atoms with Crippen molar-refractivity contribution >= 4 is 39.5 Å². The number of carbonyl (C=O) groups is 4. The standard InChI is InChI=1S/C64H124O17P2/c1-9-56(7)42-34-26-17-13-11-12-14-18-28-36-44-61(66)74-50-59(80-63(68)46-38-30-19-15-16-24-32-40-54(3)4)52-78-82(70,71)76-48-58(65)49-77-83(72,73)79-53-60(51-75-62(67)45-37-29-22-20-25-33-41-55(5)6)81-64(69)47-39-31-23-21-27-35-43-57(8)10-2/h54-60,65H,9-53H2,1-8H3,(H,70,71)(H,72,73)/t56?,57?,58-,59-,60-/m1/s1. The molecule has 0 aromatic rings. The van der Waals surface area contributed by atoms with Crippen molar-refractivity contribution in [2.45, 2.75) is 324 Å². The van der Waals surface area contributed by atoms with Gasteiger partial charge in [0.25, 0.3) is 0 Å². The van der Waals surface area contributed by atoms with Crippen LogP contribution in [0.2, 0.25) is 0 Å². The van der Waals surface area contributed by atoms with Gasteiger partial charge in [-0.15, -0.1) is 0 Å². The second kappa shape index (κ2) is 54.2. The Kier molecular flexibility index (Phi) is 53.0. The second-order valence-corrected chi connectivity index (χ2v) is 27.5. The van der Waals surface area contributed by atoms with Crippen LogP contribution < -0.4 is 0 Å². The van der Waals surface area contributed by atoms with Gasteiger partial charge in [-0.05, 0) is 49.4 Å². The van der Waals surface area contributed by atoms with E-state index in [1.54, 1.807) is 0 Å². The van der Waals surface area contributed by atoms with Crippen molar-refractivity contribution < 1.29 is 80.2 Å². The molecule has 492 valence electrons. The molecule has 0 bridgehead atoms. The Labute approximate surface area is 505 Å². The fourth-order valence-corrected chi connectivity index (χ4v) is 10.9. The van der Waals surface area contributed by atoms with E-state index in [-0.39, 0.29) is 25.7 Å². The highest BCUT2D eigenvalue weighted by Crippen LogP contribution is 2.45. The number of hydrogen-bond acceptors (Lipinski definition) is 15. The summed E-state index contributed by atoms with van der Waals surface area (Å²) in [5, 5.41) is 10.5. The number of phosphoric ester groups is 2. The highest BCUT2D eigenvalue weighted by molar-refractivity contribution is 7.47. The summed E-state index contributed by atoms with van der Waals surface area (Å²) in [6.45, 7) is 13.9. The number of carbonyl (C=O) groups excluding carboxylic acids is 4. The lowest BCUT2D eigenvalue weighted by atomic mass is 9.99. The Morgan fingerprint density at radius 1 is 0.337 bits per heavy atom. The van der Waals surface area contributed by atoms with E-state index in [1.165, 1.54) is 103 Å². The predicted octanol–water partition coefficient (Wildman–Crippen LogP) is 17.4. The Morgan fingerprint density at radius 3 is 0.855 bits per heavy atom. The van der Waals surface area contributed by atoms with E-state index in [4.69, 9.17) is 37.0 Å². The SMILES string of the molecule is CCC(C)CCCCCCCCCCCCC(=O)OC[C@H](COP(=O)(O)OC[C@@H](O)COP(=O)(O)OC[C@@H](COC(=O)CCCCCCCCC(C)C)OC(=O)CCCCCCCCC(C)CC)OC(=O)CCCCCCCCCC(C)C. The minimum absolute atomic E-state index is 0.101. The molecule has 0 radical (unpaired) electrons. The van der Waals surface area contributed by atoms with Crippen LogP contribution in [-0.2, 0) is 65.4 Å². The molecule has 0 fully saturated rings. The van der Waals surface area contributed by atoms with Gasteiger partial charge in [-0.3, -0.25) is 37.3 Å². The Morgan fingerprint density at radius 2 is 0.578 bits per heavy atom. The molecule has 0 aliphatic heterocycles. The van der Waals surface area contributed by atoms with E-state index < -0.39 is 97.5 Å². The lowest BCUT2D eigenvalue weighted by Crippen LogP contribution is -2.30. The van der Waals surface area contributed by atoms with Crippen LogP contribution in [0.4, 0.5) is 0 Å². The quantitative estimate of drug-likeness (QED) is 0.0222. The van der Waals surface area contributed by atoms with Crippen LogP contribution in [-0.4, -0.2) is 96.7 Å². The van der Waals surface area contributed by atoms with Crippen LogP contribution in [0.1, 0.15) is 306 Å². The van der Waals surface area contributed by atoms with Gasteiger partial charge in [-0.2, -0.15) is 0 Å². The van der Waals surface area contributed by atoms with Crippen LogP contribution in [0, 0.1) is 23.7 Å². The lowest BCUT2D eigenvalue weighted by Gasteiger charge is -2.21. The van der Waals surface area contributed by atoms with E-state index in [0.717, 1.165) is 108 Å². The van der Waals surface area contributed by atoms with Crippen molar-refractivity contribution in [1.82, 2.24) is 0 Å². The molecule has 0 saturated heterocycles. The zero-order valence-electron chi connectivity index (χ0n) is 53.8. The molecule has 0 spiro atoms. The van der Waals surface area contributed by atoms with Gasteiger partial charge in [0, 0.05) is 25.7 Å². The first-order valence-electron chi connectivity index (χ1n) is 33.3. The third-order valence-corrected chi connectivity index (χ3v) is 17.2. The fourth-order valence-electron chi connectivity index (χ4n) is 9.36. The molecule has 0 aromatic heterocycles. The van der Waals surface area contributed by atoms with Crippen molar-refractivity contribution in [3.05, 3.63) is 0 Å². The molecule has 7 atom stereocenters. The minimum Gasteiger partial charge on any atom is -0.462 e. The van der Waals surface area contributed by atoms with Gasteiger partial charge in [-0.25, -0.2) is 9.13 Å². The van der Waals surface area contributed by atoms with Crippen LogP contribution in [0.25, 0.3) is 0 Å². The second-order valence-electron chi connectivity index (χ2n) is 24.6. The molecule has 19 heteroatoms. The zero-order chi connectivity index (χ0) is 61.8. The average molecular weight is 1230 g/mol. The molecule has 17 nitrogen and oxygen atoms in total. The highest BCUT2D eigenvalue weighted by Gasteiger charge is 2.30. The Hall–Kier alpha value is -1.94. The summed E-state index contributed by atoms with van der Waals surface area (Å²) in [5.41, 5.74) is 0. The van der Waals surface area contributed by atoms with Crippen LogP contribution in [0.15, 0.2) is 0 Å². The maximum absolute atomic E-state index is 13.0. The fraction of sp³-hybridized carbons (Fsp3) is 0.938. The first-order chi connectivity index (χ1) is 39.7. The van der Waals surface area contributed by atoms with Crippen molar-refractivity contribution in [1.29, 1.82) is 0 Å². The van der Waals surface area contributed by atoms with Gasteiger partial charge in [0.1, 0.15) is 19.3 Å². The normalized spacial score (nSPS) is 15.1. The smallest absolute Gasteiger partial charge is 0.462 e. The molecular weight excluding hydrogens is 1100 g/mol. The van der Waals surface area contributed by atoms with Gasteiger partial charge in [0.2, 0.25) is 0 Å². The number of ether oxygens (including phenoxy) is 4. The Balaban J connectivity index is 5.24. The molecule has 0 aliphatic rings. The van der Waals surface area contributed by atoms with E-state index in [0.29, 0.717) is 37.5 Å². The molecule has 0 aliphatic carbocycles. The summed E-state index contributed by atoms with van der Waals surface area (Å²) < 4.78 is 67.9. The van der Waals surface area contributed by atoms with Crippen LogP contribution >= 0.6 is 15.6 Å². The molecule has 0 amide bonds. The highest BCUT2D eigenvalue weighted by atomic mass is 31.2. The molecule has 0 rings (SSSR count). The van der Waals surface area contributed by atoms with Crippen molar-refractivity contribution in [3.63, 3.8) is 0 Å². The van der Waals surface area contributed by atoms with E-state index in [2.05, 4.69) is 55.4 Å². The van der Waals surface area contributed by atoms with Crippen molar-refractivity contribution in [2.75, 3.05) is 39.6 Å². The molecule has 4 unspecified atom stereocenters. The predicted molar refractivity (Wildman–Crippen MR) is 331 cm³/mol. The largest absolute Gasteiger partial charge is 0.472 e. The third kappa shape index (κ3) is 56.3. The van der Waals surface area contributed by atoms with Gasteiger partial charge < -0.3 is 33.8 Å². The minimum atomic E-state index is -4.95. The molecular formula is C64H124O17P2. The summed E-state index contributed by atoms with van der Waals surface area (Å²) in [5.74, 6) is 0.761. The first kappa shape index (κ1) is 81.1. The van der Waals surface area contributed by atoms with Crippen molar-refractivity contribution in [3.8, 4) is 0 Å². The molecule has 0 aromatic carbocycles. The van der Waals surface area contributed by atoms with E-state index in [1.807, 2.05) is 0 Å². The number of esters is 4. The number of aliphatic hydroxyl groups excluding tert-OH is 1. The van der Waals surface area contributed by atoms with E-state index in [9.17, 15) is 43.2 Å². The molecule has 0 heterocycles. The number of unbranched alkanes of at least 4 members (excludes halogenated alkanes) is 25. The monoisotopic (exact) mass is 1230 g/mol. The molecule has 83 heavy (non-hydrogen) atoms. The number of aliphatic hydroxyl groups is 1. The molecule has 3 N–H and O–H groups in total. The summed E-state index contributed by atoms with van der Waals surface area (Å²) >= 11 is 0. The third-order valence-electron chi connectivity index (χ3n) is 15.3. The maximum atomic E-state index is 13.0. The summed E-state index contributed by atoms with van der Waals surface area (Å²) in [4.78, 5) is 72.2. The van der Waals surface area contributed by atoms with Crippen LogP contribution in [0.5, 0.6) is 0 Å². The summed E-state index contributed by atoms with van der Waals surface area (Å²) in [6.07, 6.45) is 33.7. The number of phosphoric acid groups is 2. The first-order valence-corrected chi connectivity index (χ1v) is 36.3. The maximum Gasteiger partial charge on any atom is 0.472 e. The topological polar surface area (TPSA) is 237 Å². The van der Waals surface area contributed by atoms with Gasteiger partial charge >= 0.3 is 39.5 Å². The van der Waals surface area contributed by atoms with Crippen molar-refractivity contribution in [2.24, 2.45) is 23.7 Å². The van der Waals surface area contributed by atoms with Gasteiger partial charge in [0.05, 0.1) is 26.4 Å². The summed E-state index contributed by atoms with van der Waals surface area (Å²) in [7, 11) is -9.89. The van der Waals surface area contributed by atoms with Crippen LogP contribution in [0.3, 0.4) is 0 Å². The molecule has 0 saturated carbocycles.